The minimum atomic E-state index is -4.21. The van der Waals surface area contributed by atoms with E-state index in [1.807, 2.05) is 27.7 Å². The molecule has 2 amide bonds. The molecule has 0 unspecified atom stereocenters. The van der Waals surface area contributed by atoms with Crippen molar-refractivity contribution in [1.82, 2.24) is 10.2 Å². The number of benzene rings is 3. The molecule has 0 heterocycles. The molecule has 0 bridgehead atoms. The van der Waals surface area contributed by atoms with E-state index in [4.69, 9.17) is 11.6 Å². The summed E-state index contributed by atoms with van der Waals surface area (Å²) in [6.07, 6.45) is 0. The highest BCUT2D eigenvalue weighted by molar-refractivity contribution is 7.92. The van der Waals surface area contributed by atoms with Crippen molar-refractivity contribution in [2.24, 2.45) is 0 Å². The first-order chi connectivity index (χ1) is 18.6. The minimum Gasteiger partial charge on any atom is -0.350 e. The molecular weight excluding hydrogens is 553 g/mol. The zero-order valence-corrected chi connectivity index (χ0v) is 25.1. The number of anilines is 1. The number of halogens is 2. The zero-order chi connectivity index (χ0) is 29.8. The van der Waals surface area contributed by atoms with Crippen LogP contribution in [0.15, 0.2) is 71.6 Å². The van der Waals surface area contributed by atoms with Crippen molar-refractivity contribution in [3.8, 4) is 0 Å². The monoisotopic (exact) mass is 587 g/mol. The smallest absolute Gasteiger partial charge is 0.264 e. The molecule has 3 rings (SSSR count). The van der Waals surface area contributed by atoms with E-state index in [1.54, 1.807) is 38.1 Å². The molecule has 1 N–H and O–H groups in total. The van der Waals surface area contributed by atoms with Gasteiger partial charge in [0.2, 0.25) is 11.8 Å². The van der Waals surface area contributed by atoms with Crippen LogP contribution in [0.25, 0.3) is 0 Å². The highest BCUT2D eigenvalue weighted by Gasteiger charge is 2.34. The molecular formula is C30H35ClFN3O4S. The van der Waals surface area contributed by atoms with Crippen molar-refractivity contribution >= 4 is 39.1 Å². The first kappa shape index (κ1) is 31.1. The normalized spacial score (nSPS) is 12.5. The van der Waals surface area contributed by atoms with Gasteiger partial charge < -0.3 is 10.2 Å². The molecule has 3 aromatic carbocycles. The predicted molar refractivity (Wildman–Crippen MR) is 156 cm³/mol. The maximum atomic E-state index is 14.0. The van der Waals surface area contributed by atoms with Crippen LogP contribution in [-0.2, 0) is 26.2 Å². The van der Waals surface area contributed by atoms with E-state index >= 15 is 0 Å². The number of rotatable bonds is 9. The number of hydrogen-bond donors (Lipinski definition) is 1. The Morgan fingerprint density at radius 3 is 2.15 bits per heavy atom. The Morgan fingerprint density at radius 1 is 0.975 bits per heavy atom. The van der Waals surface area contributed by atoms with E-state index in [-0.39, 0.29) is 17.1 Å². The lowest BCUT2D eigenvalue weighted by molar-refractivity contribution is -0.140. The average molecular weight is 588 g/mol. The van der Waals surface area contributed by atoms with Gasteiger partial charge in [-0.1, -0.05) is 47.5 Å². The van der Waals surface area contributed by atoms with E-state index in [2.05, 4.69) is 5.32 Å². The van der Waals surface area contributed by atoms with E-state index in [9.17, 15) is 22.4 Å². The standard InChI is InChI=1S/C30H35ClFN3O4S/c1-20-7-15-26(16-8-20)40(38,39)35(27-17-24(31)12-9-21(27)2)19-28(36)34(18-23-10-13-25(32)14-11-23)22(3)29(37)33-30(4,5)6/h7-17,22H,18-19H2,1-6H3,(H,33,37)/t22-/m1/s1. The lowest BCUT2D eigenvalue weighted by Gasteiger charge is -2.34. The second-order valence-corrected chi connectivity index (χ2v) is 13.1. The molecule has 0 saturated heterocycles. The highest BCUT2D eigenvalue weighted by atomic mass is 35.5. The van der Waals surface area contributed by atoms with Crippen molar-refractivity contribution < 1.29 is 22.4 Å². The van der Waals surface area contributed by atoms with Crippen LogP contribution in [-0.4, -0.2) is 43.3 Å². The number of carbonyl (C=O) groups excluding carboxylic acids is 2. The summed E-state index contributed by atoms with van der Waals surface area (Å²) in [6.45, 7) is 9.98. The molecule has 214 valence electrons. The molecule has 1 atom stereocenters. The molecule has 0 aliphatic heterocycles. The fourth-order valence-corrected chi connectivity index (χ4v) is 5.68. The SMILES string of the molecule is Cc1ccc(S(=O)(=O)N(CC(=O)N(Cc2ccc(F)cc2)[C@H](C)C(=O)NC(C)(C)C)c2cc(Cl)ccc2C)cc1. The van der Waals surface area contributed by atoms with Crippen LogP contribution in [0, 0.1) is 19.7 Å². The summed E-state index contributed by atoms with van der Waals surface area (Å²) < 4.78 is 42.5. The van der Waals surface area contributed by atoms with Gasteiger partial charge in [-0.15, -0.1) is 0 Å². The van der Waals surface area contributed by atoms with Crippen molar-refractivity contribution in [3.05, 3.63) is 94.3 Å². The van der Waals surface area contributed by atoms with Gasteiger partial charge in [0.1, 0.15) is 18.4 Å². The first-order valence-corrected chi connectivity index (χ1v) is 14.6. The van der Waals surface area contributed by atoms with Crippen molar-refractivity contribution in [3.63, 3.8) is 0 Å². The first-order valence-electron chi connectivity index (χ1n) is 12.8. The van der Waals surface area contributed by atoms with Crippen molar-refractivity contribution in [2.45, 2.75) is 64.6 Å². The Hall–Kier alpha value is -3.43. The Kier molecular flexibility index (Phi) is 9.64. The number of amides is 2. The molecule has 10 heteroatoms. The van der Waals surface area contributed by atoms with Gasteiger partial charge in [0, 0.05) is 17.1 Å². The number of hydrogen-bond acceptors (Lipinski definition) is 4. The lowest BCUT2D eigenvalue weighted by Crippen LogP contribution is -2.54. The van der Waals surface area contributed by atoms with E-state index in [0.717, 1.165) is 9.87 Å². The number of aryl methyl sites for hydroxylation is 2. The van der Waals surface area contributed by atoms with Gasteiger partial charge in [-0.05, 0) is 89.1 Å². The van der Waals surface area contributed by atoms with Crippen molar-refractivity contribution in [2.75, 3.05) is 10.8 Å². The summed E-state index contributed by atoms with van der Waals surface area (Å²) in [7, 11) is -4.21. The Morgan fingerprint density at radius 2 is 1.57 bits per heavy atom. The van der Waals surface area contributed by atoms with Gasteiger partial charge in [0.25, 0.3) is 10.0 Å². The maximum absolute atomic E-state index is 14.0. The Balaban J connectivity index is 2.08. The topological polar surface area (TPSA) is 86.8 Å². The van der Waals surface area contributed by atoms with Gasteiger partial charge in [0.15, 0.2) is 0 Å². The summed E-state index contributed by atoms with van der Waals surface area (Å²) in [5.41, 5.74) is 1.74. The minimum absolute atomic E-state index is 0.00823. The maximum Gasteiger partial charge on any atom is 0.264 e. The highest BCUT2D eigenvalue weighted by Crippen LogP contribution is 2.30. The number of carbonyl (C=O) groups is 2. The summed E-state index contributed by atoms with van der Waals surface area (Å²) in [5.74, 6) is -1.46. The Labute approximate surface area is 241 Å². The quantitative estimate of drug-likeness (QED) is 0.352. The van der Waals surface area contributed by atoms with E-state index < -0.39 is 45.8 Å². The predicted octanol–water partition coefficient (Wildman–Crippen LogP) is 5.62. The molecule has 7 nitrogen and oxygen atoms in total. The van der Waals surface area contributed by atoms with Crippen LogP contribution >= 0.6 is 11.6 Å². The number of nitrogens with zero attached hydrogens (tertiary/aromatic N) is 2. The fraction of sp³-hybridized carbons (Fsp3) is 0.333. The van der Waals surface area contributed by atoms with Gasteiger partial charge >= 0.3 is 0 Å². The molecule has 0 spiro atoms. The van der Waals surface area contributed by atoms with E-state index in [0.29, 0.717) is 16.1 Å². The van der Waals surface area contributed by atoms with Crippen LogP contribution in [0.5, 0.6) is 0 Å². The molecule has 3 aromatic rings. The molecule has 0 saturated carbocycles. The van der Waals surface area contributed by atoms with Gasteiger partial charge in [-0.25, -0.2) is 12.8 Å². The molecule has 0 aliphatic rings. The third-order valence-corrected chi connectivity index (χ3v) is 8.27. The van der Waals surface area contributed by atoms with Crippen LogP contribution in [0.3, 0.4) is 0 Å². The zero-order valence-electron chi connectivity index (χ0n) is 23.5. The van der Waals surface area contributed by atoms with Gasteiger partial charge in [-0.3, -0.25) is 13.9 Å². The summed E-state index contributed by atoms with van der Waals surface area (Å²) >= 11 is 6.25. The lowest BCUT2D eigenvalue weighted by atomic mass is 10.1. The van der Waals surface area contributed by atoms with Crippen LogP contribution in [0.2, 0.25) is 5.02 Å². The third-order valence-electron chi connectivity index (χ3n) is 6.26. The fourth-order valence-electron chi connectivity index (χ4n) is 4.05. The molecule has 0 fully saturated rings. The van der Waals surface area contributed by atoms with Crippen LogP contribution < -0.4 is 9.62 Å². The van der Waals surface area contributed by atoms with Gasteiger partial charge in [0.05, 0.1) is 10.6 Å². The molecule has 40 heavy (non-hydrogen) atoms. The molecule has 0 aliphatic carbocycles. The van der Waals surface area contributed by atoms with Crippen LogP contribution in [0.4, 0.5) is 10.1 Å². The summed E-state index contributed by atoms with van der Waals surface area (Å²) in [5, 5.41) is 3.17. The molecule has 0 radical (unpaired) electrons. The van der Waals surface area contributed by atoms with Gasteiger partial charge in [-0.2, -0.15) is 0 Å². The second kappa shape index (κ2) is 12.4. The second-order valence-electron chi connectivity index (χ2n) is 10.8. The average Bonchev–Trinajstić information content (AvgIpc) is 2.87. The Bertz CT molecular complexity index is 1470. The third kappa shape index (κ3) is 7.82. The summed E-state index contributed by atoms with van der Waals surface area (Å²) in [6, 6.07) is 15.7. The van der Waals surface area contributed by atoms with E-state index in [1.165, 1.54) is 47.4 Å². The largest absolute Gasteiger partial charge is 0.350 e. The summed E-state index contributed by atoms with van der Waals surface area (Å²) in [4.78, 5) is 28.4. The molecule has 0 aromatic heterocycles. The van der Waals surface area contributed by atoms with Crippen LogP contribution in [0.1, 0.15) is 44.4 Å². The number of nitrogens with one attached hydrogen (secondary N) is 1. The number of sulfonamides is 1. The van der Waals surface area contributed by atoms with Crippen molar-refractivity contribution in [1.29, 1.82) is 0 Å².